The molecule has 5 heteroatoms. The summed E-state index contributed by atoms with van der Waals surface area (Å²) in [7, 11) is 0. The molecular weight excluding hydrogens is 328 g/mol. The van der Waals surface area contributed by atoms with E-state index in [0.29, 0.717) is 12.1 Å². The van der Waals surface area contributed by atoms with Gasteiger partial charge in [-0.3, -0.25) is 4.79 Å². The SMILES string of the molecule is CC/C=C1\N=C(c2ccccc2)C(C(C)C)N(C(=O)OC(C)(C)C)C1=O. The molecule has 2 amide bonds. The van der Waals surface area contributed by atoms with E-state index in [1.165, 1.54) is 4.90 Å². The van der Waals surface area contributed by atoms with E-state index >= 15 is 0 Å². The average Bonchev–Trinajstić information content (AvgIpc) is 2.55. The third-order valence-electron chi connectivity index (χ3n) is 3.93. The lowest BCUT2D eigenvalue weighted by molar-refractivity contribution is -0.128. The number of ether oxygens (including phenoxy) is 1. The molecule has 1 unspecified atom stereocenters. The van der Waals surface area contributed by atoms with E-state index in [1.807, 2.05) is 51.1 Å². The van der Waals surface area contributed by atoms with Gasteiger partial charge in [0.25, 0.3) is 5.91 Å². The van der Waals surface area contributed by atoms with Crippen LogP contribution in [-0.2, 0) is 9.53 Å². The van der Waals surface area contributed by atoms with Crippen molar-refractivity contribution in [2.45, 2.75) is 59.6 Å². The van der Waals surface area contributed by atoms with Crippen LogP contribution < -0.4 is 0 Å². The van der Waals surface area contributed by atoms with Gasteiger partial charge in [-0.2, -0.15) is 0 Å². The molecule has 0 radical (unpaired) electrons. The van der Waals surface area contributed by atoms with Crippen LogP contribution in [0.25, 0.3) is 0 Å². The summed E-state index contributed by atoms with van der Waals surface area (Å²) in [5.74, 6) is -0.409. The summed E-state index contributed by atoms with van der Waals surface area (Å²) < 4.78 is 5.52. The highest BCUT2D eigenvalue weighted by Gasteiger charge is 2.42. The Bertz CT molecular complexity index is 727. The van der Waals surface area contributed by atoms with Gasteiger partial charge in [-0.15, -0.1) is 0 Å². The van der Waals surface area contributed by atoms with Crippen molar-refractivity contribution in [3.05, 3.63) is 47.7 Å². The second-order valence-electron chi connectivity index (χ2n) is 7.71. The molecule has 0 aliphatic carbocycles. The Morgan fingerprint density at radius 2 is 1.88 bits per heavy atom. The Hall–Kier alpha value is -2.43. The number of rotatable bonds is 3. The third-order valence-corrected chi connectivity index (χ3v) is 3.93. The lowest BCUT2D eigenvalue weighted by Crippen LogP contribution is -2.55. The fourth-order valence-corrected chi connectivity index (χ4v) is 2.91. The number of benzene rings is 1. The van der Waals surface area contributed by atoms with Gasteiger partial charge in [-0.25, -0.2) is 14.7 Å². The molecule has 5 nitrogen and oxygen atoms in total. The smallest absolute Gasteiger partial charge is 0.418 e. The maximum atomic E-state index is 13.0. The lowest BCUT2D eigenvalue weighted by atomic mass is 9.90. The molecule has 1 aromatic rings. The van der Waals surface area contributed by atoms with Gasteiger partial charge in [0.2, 0.25) is 0 Å². The number of carbonyl (C=O) groups excluding carboxylic acids is 2. The van der Waals surface area contributed by atoms with Gasteiger partial charge in [0.05, 0.1) is 11.8 Å². The Kier molecular flexibility index (Phi) is 6.01. The summed E-state index contributed by atoms with van der Waals surface area (Å²) in [6, 6.07) is 9.19. The van der Waals surface area contributed by atoms with Crippen molar-refractivity contribution in [2.75, 3.05) is 0 Å². The van der Waals surface area contributed by atoms with Crippen LogP contribution in [0.1, 0.15) is 53.5 Å². The molecule has 0 aromatic heterocycles. The Morgan fingerprint density at radius 3 is 2.38 bits per heavy atom. The molecular formula is C21H28N2O3. The molecule has 2 rings (SSSR count). The van der Waals surface area contributed by atoms with Crippen LogP contribution in [0, 0.1) is 5.92 Å². The standard InChI is InChI=1S/C21H28N2O3/c1-7-11-16-19(24)23(20(25)26-21(4,5)6)18(14(2)3)17(22-16)15-12-9-8-10-13-15/h8-14,18H,7H2,1-6H3/b16-11-. The van der Waals surface area contributed by atoms with Gasteiger partial charge < -0.3 is 4.74 Å². The summed E-state index contributed by atoms with van der Waals surface area (Å²) in [4.78, 5) is 31.7. The minimum atomic E-state index is -0.685. The molecule has 0 spiro atoms. The van der Waals surface area contributed by atoms with Crippen LogP contribution in [0.2, 0.25) is 0 Å². The molecule has 140 valence electrons. The van der Waals surface area contributed by atoms with Crippen LogP contribution in [0.3, 0.4) is 0 Å². The molecule has 0 N–H and O–H groups in total. The van der Waals surface area contributed by atoms with E-state index in [4.69, 9.17) is 4.74 Å². The van der Waals surface area contributed by atoms with Crippen LogP contribution in [0.15, 0.2) is 47.1 Å². The molecule has 1 heterocycles. The highest BCUT2D eigenvalue weighted by atomic mass is 16.6. The molecule has 1 aliphatic heterocycles. The normalized spacial score (nSPS) is 19.7. The van der Waals surface area contributed by atoms with E-state index < -0.39 is 23.6 Å². The third kappa shape index (κ3) is 4.40. The van der Waals surface area contributed by atoms with Gasteiger partial charge in [0.1, 0.15) is 11.3 Å². The van der Waals surface area contributed by atoms with Crippen molar-refractivity contribution >= 4 is 17.7 Å². The average molecular weight is 356 g/mol. The van der Waals surface area contributed by atoms with Crippen molar-refractivity contribution in [3.8, 4) is 0 Å². The highest BCUT2D eigenvalue weighted by Crippen LogP contribution is 2.28. The van der Waals surface area contributed by atoms with Crippen LogP contribution in [-0.4, -0.2) is 34.3 Å². The zero-order valence-electron chi connectivity index (χ0n) is 16.4. The monoisotopic (exact) mass is 356 g/mol. The number of imide groups is 1. The molecule has 0 saturated carbocycles. The van der Waals surface area contributed by atoms with Crippen molar-refractivity contribution in [3.63, 3.8) is 0 Å². The van der Waals surface area contributed by atoms with Crippen molar-refractivity contribution in [1.29, 1.82) is 0 Å². The van der Waals surface area contributed by atoms with Gasteiger partial charge in [-0.05, 0) is 38.7 Å². The first-order valence-electron chi connectivity index (χ1n) is 9.06. The van der Waals surface area contributed by atoms with E-state index in [-0.39, 0.29) is 11.6 Å². The predicted octanol–water partition coefficient (Wildman–Crippen LogP) is 4.57. The number of allylic oxidation sites excluding steroid dienone is 1. The second kappa shape index (κ2) is 7.85. The van der Waals surface area contributed by atoms with Crippen LogP contribution in [0.4, 0.5) is 4.79 Å². The summed E-state index contributed by atoms with van der Waals surface area (Å²) in [6.07, 6.45) is 1.77. The van der Waals surface area contributed by atoms with E-state index in [2.05, 4.69) is 4.99 Å². The van der Waals surface area contributed by atoms with E-state index in [9.17, 15) is 9.59 Å². The first-order chi connectivity index (χ1) is 12.2. The summed E-state index contributed by atoms with van der Waals surface area (Å²) >= 11 is 0. The van der Waals surface area contributed by atoms with Crippen LogP contribution in [0.5, 0.6) is 0 Å². The lowest BCUT2D eigenvalue weighted by Gasteiger charge is -2.37. The number of amides is 2. The Labute approximate surface area is 155 Å². The first kappa shape index (κ1) is 19.9. The van der Waals surface area contributed by atoms with E-state index in [0.717, 1.165) is 5.56 Å². The molecule has 1 aliphatic rings. The summed E-state index contributed by atoms with van der Waals surface area (Å²) in [6.45, 7) is 11.3. The first-order valence-corrected chi connectivity index (χ1v) is 9.06. The van der Waals surface area contributed by atoms with Gasteiger partial charge in [0, 0.05) is 0 Å². The zero-order valence-corrected chi connectivity index (χ0v) is 16.4. The zero-order chi connectivity index (χ0) is 19.5. The number of nitrogens with zero attached hydrogens (tertiary/aromatic N) is 2. The molecule has 1 aromatic carbocycles. The summed E-state index contributed by atoms with van der Waals surface area (Å²) in [5.41, 5.74) is 1.21. The minimum absolute atomic E-state index is 0.00592. The minimum Gasteiger partial charge on any atom is -0.443 e. The number of carbonyl (C=O) groups is 2. The Morgan fingerprint density at radius 1 is 1.27 bits per heavy atom. The summed E-state index contributed by atoms with van der Waals surface area (Å²) in [5, 5.41) is 0. The largest absolute Gasteiger partial charge is 0.443 e. The van der Waals surface area contributed by atoms with E-state index in [1.54, 1.807) is 26.8 Å². The Balaban J connectivity index is 2.59. The predicted molar refractivity (Wildman–Crippen MR) is 103 cm³/mol. The fraction of sp³-hybridized carbons (Fsp3) is 0.476. The number of aliphatic imine (C=N–C) groups is 1. The maximum Gasteiger partial charge on any atom is 0.418 e. The van der Waals surface area contributed by atoms with Crippen LogP contribution >= 0.6 is 0 Å². The van der Waals surface area contributed by atoms with Gasteiger partial charge >= 0.3 is 6.09 Å². The topological polar surface area (TPSA) is 59.0 Å². The second-order valence-corrected chi connectivity index (χ2v) is 7.71. The molecule has 0 bridgehead atoms. The molecule has 0 fully saturated rings. The van der Waals surface area contributed by atoms with Crippen molar-refractivity contribution in [1.82, 2.24) is 4.90 Å². The number of hydrogen-bond acceptors (Lipinski definition) is 4. The number of hydrogen-bond donors (Lipinski definition) is 0. The quantitative estimate of drug-likeness (QED) is 0.745. The van der Waals surface area contributed by atoms with Gasteiger partial charge in [-0.1, -0.05) is 57.2 Å². The molecule has 0 saturated heterocycles. The molecule has 26 heavy (non-hydrogen) atoms. The van der Waals surface area contributed by atoms with Gasteiger partial charge in [0.15, 0.2) is 0 Å². The van der Waals surface area contributed by atoms with Crippen molar-refractivity contribution in [2.24, 2.45) is 10.9 Å². The van der Waals surface area contributed by atoms with Crippen molar-refractivity contribution < 1.29 is 14.3 Å². The fourth-order valence-electron chi connectivity index (χ4n) is 2.91. The highest BCUT2D eigenvalue weighted by molar-refractivity contribution is 6.16. The molecule has 1 atom stereocenters. The maximum absolute atomic E-state index is 13.0.